The summed E-state index contributed by atoms with van der Waals surface area (Å²) in [5, 5.41) is 5.63. The summed E-state index contributed by atoms with van der Waals surface area (Å²) >= 11 is 0.911. The third-order valence-corrected chi connectivity index (χ3v) is 7.68. The molecule has 0 N–H and O–H groups in total. The predicted molar refractivity (Wildman–Crippen MR) is 145 cm³/mol. The average Bonchev–Trinajstić information content (AvgIpc) is 3.67. The lowest BCUT2D eigenvalue weighted by molar-refractivity contribution is 0.0182. The summed E-state index contributed by atoms with van der Waals surface area (Å²) in [6.45, 7) is 5.85. The van der Waals surface area contributed by atoms with Gasteiger partial charge < -0.3 is 14.4 Å². The van der Waals surface area contributed by atoms with Crippen molar-refractivity contribution >= 4 is 23.4 Å². The number of hydrogen-bond donors (Lipinski definition) is 0. The summed E-state index contributed by atoms with van der Waals surface area (Å²) in [6.07, 6.45) is 1.45. The van der Waals surface area contributed by atoms with E-state index in [2.05, 4.69) is 14.8 Å². The van der Waals surface area contributed by atoms with E-state index in [-0.39, 0.29) is 23.5 Å². The second-order valence-electron chi connectivity index (χ2n) is 11.0. The Morgan fingerprint density at radius 2 is 1.55 bits per heavy atom. The molecule has 1 saturated heterocycles. The topological polar surface area (TPSA) is 86.5 Å². The smallest absolute Gasteiger partial charge is 0.410 e. The standard InChI is InChI=1S/C29H24F6N4O4S/c1-29(2,3)43-28(41)38-11-9-16(17(12-38)14-4-6-15(30)7-5-14)19-8-10-36-39(19)27-37-18(13-44-27)26(40)42-25-23(34)21(32)20(31)22(33)24(25)35/h4-8,10,13,16-17H,9,11-12H2,1-3H3. The van der Waals surface area contributed by atoms with Crippen LogP contribution in [0.25, 0.3) is 5.13 Å². The van der Waals surface area contributed by atoms with Gasteiger partial charge in [0.2, 0.25) is 40.0 Å². The van der Waals surface area contributed by atoms with E-state index in [1.807, 2.05) is 0 Å². The lowest BCUT2D eigenvalue weighted by atomic mass is 9.79. The molecule has 1 aliphatic heterocycles. The predicted octanol–water partition coefficient (Wildman–Crippen LogP) is 6.89. The van der Waals surface area contributed by atoms with Gasteiger partial charge in [-0.1, -0.05) is 12.1 Å². The number of thiazole rings is 1. The maximum atomic E-state index is 14.0. The molecule has 1 amide bonds. The summed E-state index contributed by atoms with van der Waals surface area (Å²) in [5.74, 6) is -15.8. The number of aromatic nitrogens is 3. The Morgan fingerprint density at radius 1 is 0.909 bits per heavy atom. The van der Waals surface area contributed by atoms with E-state index in [1.165, 1.54) is 28.4 Å². The van der Waals surface area contributed by atoms with Crippen molar-refractivity contribution in [2.45, 2.75) is 44.6 Å². The Morgan fingerprint density at radius 3 is 2.18 bits per heavy atom. The third kappa shape index (κ3) is 6.14. The molecule has 5 rings (SSSR count). The highest BCUT2D eigenvalue weighted by Gasteiger charge is 2.37. The highest BCUT2D eigenvalue weighted by Crippen LogP contribution is 2.41. The number of ether oxygens (including phenoxy) is 2. The van der Waals surface area contributed by atoms with Crippen molar-refractivity contribution in [1.29, 1.82) is 0 Å². The number of benzene rings is 2. The number of carbonyl (C=O) groups excluding carboxylic acids is 2. The van der Waals surface area contributed by atoms with Crippen LogP contribution in [-0.4, -0.2) is 50.4 Å². The van der Waals surface area contributed by atoms with Gasteiger partial charge in [-0.25, -0.2) is 36.8 Å². The van der Waals surface area contributed by atoms with Crippen LogP contribution in [0.2, 0.25) is 0 Å². The van der Waals surface area contributed by atoms with Crippen LogP contribution in [0.15, 0.2) is 41.9 Å². The molecule has 0 spiro atoms. The van der Waals surface area contributed by atoms with Gasteiger partial charge in [0, 0.05) is 36.5 Å². The van der Waals surface area contributed by atoms with Crippen LogP contribution >= 0.6 is 11.3 Å². The molecule has 2 unspecified atom stereocenters. The van der Waals surface area contributed by atoms with E-state index in [0.717, 1.165) is 16.9 Å². The van der Waals surface area contributed by atoms with Gasteiger partial charge in [0.1, 0.15) is 11.4 Å². The van der Waals surface area contributed by atoms with E-state index in [9.17, 15) is 35.9 Å². The van der Waals surface area contributed by atoms with Gasteiger partial charge in [0.25, 0.3) is 0 Å². The van der Waals surface area contributed by atoms with E-state index in [4.69, 9.17) is 4.74 Å². The summed E-state index contributed by atoms with van der Waals surface area (Å²) < 4.78 is 93.8. The molecule has 0 saturated carbocycles. The Labute approximate surface area is 250 Å². The van der Waals surface area contributed by atoms with Crippen LogP contribution in [0.5, 0.6) is 5.75 Å². The molecule has 2 aromatic carbocycles. The summed E-state index contributed by atoms with van der Waals surface area (Å²) in [6, 6.07) is 7.61. The maximum absolute atomic E-state index is 14.0. The number of halogens is 6. The lowest BCUT2D eigenvalue weighted by Crippen LogP contribution is -2.44. The molecular weight excluding hydrogens is 614 g/mol. The molecule has 3 heterocycles. The quantitative estimate of drug-likeness (QED) is 0.0778. The molecule has 232 valence electrons. The maximum Gasteiger partial charge on any atom is 0.410 e. The first kappa shape index (κ1) is 31.0. The number of likely N-dealkylation sites (tertiary alicyclic amines) is 1. The zero-order chi connectivity index (χ0) is 31.9. The highest BCUT2D eigenvalue weighted by molar-refractivity contribution is 7.12. The fraction of sp³-hybridized carbons (Fsp3) is 0.310. The second-order valence-corrected chi connectivity index (χ2v) is 11.8. The van der Waals surface area contributed by atoms with E-state index >= 15 is 0 Å². The van der Waals surface area contributed by atoms with Gasteiger partial charge in [0.05, 0.1) is 5.69 Å². The van der Waals surface area contributed by atoms with Gasteiger partial charge in [0.15, 0.2) is 5.69 Å². The average molecular weight is 639 g/mol. The van der Waals surface area contributed by atoms with Crippen LogP contribution in [0, 0.1) is 34.9 Å². The number of esters is 1. The largest absolute Gasteiger partial charge is 0.444 e. The Balaban J connectivity index is 1.42. The Kier molecular flexibility index (Phi) is 8.42. The number of amides is 1. The minimum atomic E-state index is -2.39. The first-order valence-corrected chi connectivity index (χ1v) is 14.1. The fourth-order valence-electron chi connectivity index (χ4n) is 4.87. The molecule has 8 nitrogen and oxygen atoms in total. The van der Waals surface area contributed by atoms with Crippen LogP contribution in [-0.2, 0) is 4.74 Å². The van der Waals surface area contributed by atoms with Gasteiger partial charge in [-0.3, -0.25) is 0 Å². The minimum absolute atomic E-state index is 0.141. The normalized spacial score (nSPS) is 17.1. The number of carbonyl (C=O) groups is 2. The van der Waals surface area contributed by atoms with Crippen LogP contribution in [0.1, 0.15) is 60.8 Å². The van der Waals surface area contributed by atoms with Gasteiger partial charge in [-0.05, 0) is 51.0 Å². The van der Waals surface area contributed by atoms with Crippen molar-refractivity contribution in [3.63, 3.8) is 0 Å². The molecular formula is C29H24F6N4O4S. The van der Waals surface area contributed by atoms with Gasteiger partial charge >= 0.3 is 12.1 Å². The van der Waals surface area contributed by atoms with Crippen molar-refractivity contribution in [1.82, 2.24) is 19.7 Å². The van der Waals surface area contributed by atoms with Crippen LogP contribution < -0.4 is 4.74 Å². The van der Waals surface area contributed by atoms with Gasteiger partial charge in [-0.2, -0.15) is 13.9 Å². The zero-order valence-corrected chi connectivity index (χ0v) is 24.2. The highest BCUT2D eigenvalue weighted by atomic mass is 32.1. The number of rotatable bonds is 5. The molecule has 1 fully saturated rings. The fourth-order valence-corrected chi connectivity index (χ4v) is 5.64. The molecule has 2 atom stereocenters. The molecule has 44 heavy (non-hydrogen) atoms. The van der Waals surface area contributed by atoms with Crippen molar-refractivity contribution < 1.29 is 45.4 Å². The number of hydrogen-bond acceptors (Lipinski definition) is 7. The minimum Gasteiger partial charge on any atom is -0.444 e. The molecule has 0 radical (unpaired) electrons. The molecule has 1 aliphatic rings. The molecule has 4 aromatic rings. The Hall–Kier alpha value is -4.40. The van der Waals surface area contributed by atoms with Crippen molar-refractivity contribution in [2.24, 2.45) is 0 Å². The molecule has 0 aliphatic carbocycles. The van der Waals surface area contributed by atoms with Crippen molar-refractivity contribution in [3.8, 4) is 10.9 Å². The number of piperidine rings is 1. The lowest BCUT2D eigenvalue weighted by Gasteiger charge is -2.39. The summed E-state index contributed by atoms with van der Waals surface area (Å²) in [7, 11) is 0. The summed E-state index contributed by atoms with van der Waals surface area (Å²) in [4.78, 5) is 31.2. The van der Waals surface area contributed by atoms with Crippen molar-refractivity contribution in [2.75, 3.05) is 13.1 Å². The van der Waals surface area contributed by atoms with E-state index < -0.39 is 64.0 Å². The molecule has 0 bridgehead atoms. The monoisotopic (exact) mass is 638 g/mol. The van der Waals surface area contributed by atoms with E-state index in [1.54, 1.807) is 43.9 Å². The Bertz CT molecular complexity index is 1690. The zero-order valence-electron chi connectivity index (χ0n) is 23.4. The summed E-state index contributed by atoms with van der Waals surface area (Å²) in [5.41, 5.74) is 0.212. The van der Waals surface area contributed by atoms with Gasteiger partial charge in [-0.15, -0.1) is 11.3 Å². The second kappa shape index (κ2) is 11.9. The number of nitrogens with zero attached hydrogens (tertiary/aromatic N) is 4. The van der Waals surface area contributed by atoms with Crippen LogP contribution in [0.4, 0.5) is 31.1 Å². The van der Waals surface area contributed by atoms with Crippen molar-refractivity contribution in [3.05, 3.63) is 93.8 Å². The molecule has 15 heteroatoms. The van der Waals surface area contributed by atoms with E-state index in [0.29, 0.717) is 18.7 Å². The third-order valence-electron chi connectivity index (χ3n) is 6.86. The first-order valence-electron chi connectivity index (χ1n) is 13.2. The molecule has 2 aromatic heterocycles. The SMILES string of the molecule is CC(C)(C)OC(=O)N1CCC(c2ccnn2-c2nc(C(=O)Oc3c(F)c(F)c(F)c(F)c3F)cs2)C(c2ccc(F)cc2)C1. The first-order chi connectivity index (χ1) is 20.7. The van der Waals surface area contributed by atoms with Crippen LogP contribution in [0.3, 0.4) is 0 Å².